The van der Waals surface area contributed by atoms with Crippen LogP contribution in [0.5, 0.6) is 5.88 Å². The Hall–Kier alpha value is -1.78. The molecule has 2 heterocycles. The van der Waals surface area contributed by atoms with Gasteiger partial charge in [0.05, 0.1) is 6.61 Å². The van der Waals surface area contributed by atoms with E-state index in [0.717, 1.165) is 42.8 Å². The maximum absolute atomic E-state index is 5.71. The fourth-order valence-electron chi connectivity index (χ4n) is 2.78. The van der Waals surface area contributed by atoms with Crippen molar-refractivity contribution < 1.29 is 4.74 Å². The minimum absolute atomic E-state index is 0.685. The maximum Gasteiger partial charge on any atom is 0.218 e. The Morgan fingerprint density at radius 2 is 2.41 bits per heavy atom. The Labute approximate surface area is 133 Å². The van der Waals surface area contributed by atoms with E-state index in [4.69, 9.17) is 4.74 Å². The number of ether oxygens (including phenoxy) is 1. The number of hydrogen-bond donors (Lipinski definition) is 1. The first-order valence-electron chi connectivity index (χ1n) is 8.26. The van der Waals surface area contributed by atoms with Crippen LogP contribution < -0.4 is 10.1 Å². The monoisotopic (exact) mass is 304 g/mol. The summed E-state index contributed by atoms with van der Waals surface area (Å²) in [5, 5.41) is 3.45. The molecule has 1 aliphatic heterocycles. The van der Waals surface area contributed by atoms with Crippen molar-refractivity contribution in [2.45, 2.75) is 39.7 Å². The smallest absolute Gasteiger partial charge is 0.218 e. The molecule has 1 fully saturated rings. The van der Waals surface area contributed by atoms with Crippen LogP contribution in [0.2, 0.25) is 0 Å². The molecule has 122 valence electrons. The molecule has 22 heavy (non-hydrogen) atoms. The lowest BCUT2D eigenvalue weighted by molar-refractivity contribution is 0.265. The Kier molecular flexibility index (Phi) is 6.49. The van der Waals surface area contributed by atoms with Gasteiger partial charge in [0, 0.05) is 38.4 Å². The molecular weight excluding hydrogens is 276 g/mol. The average Bonchev–Trinajstić information content (AvgIpc) is 2.54. The van der Waals surface area contributed by atoms with Gasteiger partial charge in [0.1, 0.15) is 0 Å². The molecule has 0 radical (unpaired) electrons. The number of nitrogens with zero attached hydrogens (tertiary/aromatic N) is 3. The fraction of sp³-hybridized carbons (Fsp3) is 0.647. The highest BCUT2D eigenvalue weighted by Crippen LogP contribution is 2.17. The number of nitrogens with one attached hydrogen (secondary N) is 1. The highest BCUT2D eigenvalue weighted by molar-refractivity contribution is 5.80. The van der Waals surface area contributed by atoms with Crippen molar-refractivity contribution in [1.82, 2.24) is 15.2 Å². The first-order chi connectivity index (χ1) is 10.7. The first-order valence-corrected chi connectivity index (χ1v) is 8.26. The second-order valence-electron chi connectivity index (χ2n) is 5.91. The molecule has 2 rings (SSSR count). The molecule has 1 atom stereocenters. The first kappa shape index (κ1) is 16.6. The summed E-state index contributed by atoms with van der Waals surface area (Å²) in [6.07, 6.45) is 5.30. The van der Waals surface area contributed by atoms with Crippen molar-refractivity contribution in [3.8, 4) is 5.88 Å². The Balaban J connectivity index is 1.96. The van der Waals surface area contributed by atoms with E-state index in [1.807, 2.05) is 13.1 Å². The van der Waals surface area contributed by atoms with Crippen LogP contribution in [0.25, 0.3) is 0 Å². The van der Waals surface area contributed by atoms with E-state index < -0.39 is 0 Å². The lowest BCUT2D eigenvalue weighted by Crippen LogP contribution is -2.45. The van der Waals surface area contributed by atoms with Crippen LogP contribution in [0.3, 0.4) is 0 Å². The number of guanidine groups is 1. The van der Waals surface area contributed by atoms with E-state index in [2.05, 4.69) is 40.1 Å². The van der Waals surface area contributed by atoms with Crippen LogP contribution in [0.4, 0.5) is 0 Å². The van der Waals surface area contributed by atoms with Gasteiger partial charge in [0.2, 0.25) is 5.88 Å². The van der Waals surface area contributed by atoms with E-state index in [1.54, 1.807) is 6.20 Å². The van der Waals surface area contributed by atoms with Crippen LogP contribution in [0.1, 0.15) is 38.7 Å². The molecule has 1 aromatic rings. The fourth-order valence-corrected chi connectivity index (χ4v) is 2.78. The van der Waals surface area contributed by atoms with E-state index in [-0.39, 0.29) is 0 Å². The van der Waals surface area contributed by atoms with Gasteiger partial charge in [-0.25, -0.2) is 4.98 Å². The van der Waals surface area contributed by atoms with Crippen molar-refractivity contribution in [3.63, 3.8) is 0 Å². The van der Waals surface area contributed by atoms with Gasteiger partial charge >= 0.3 is 0 Å². The van der Waals surface area contributed by atoms with E-state index in [0.29, 0.717) is 13.2 Å². The number of likely N-dealkylation sites (tertiary alicyclic amines) is 1. The van der Waals surface area contributed by atoms with E-state index >= 15 is 0 Å². The van der Waals surface area contributed by atoms with Gasteiger partial charge in [0.15, 0.2) is 5.96 Å². The summed E-state index contributed by atoms with van der Waals surface area (Å²) in [5.74, 6) is 2.42. The van der Waals surface area contributed by atoms with Gasteiger partial charge in [-0.05, 0) is 31.2 Å². The largest absolute Gasteiger partial charge is 0.477 e. The van der Waals surface area contributed by atoms with Crippen molar-refractivity contribution in [3.05, 3.63) is 23.9 Å². The van der Waals surface area contributed by atoms with E-state index in [1.165, 1.54) is 12.8 Å². The molecule has 1 aliphatic rings. The molecule has 0 amide bonds. The summed E-state index contributed by atoms with van der Waals surface area (Å²) < 4.78 is 5.71. The molecule has 1 N–H and O–H groups in total. The Morgan fingerprint density at radius 3 is 3.14 bits per heavy atom. The minimum atomic E-state index is 0.685. The van der Waals surface area contributed by atoms with Crippen molar-refractivity contribution in [2.24, 2.45) is 10.9 Å². The molecule has 0 saturated carbocycles. The second kappa shape index (κ2) is 8.61. The normalized spacial score (nSPS) is 19.1. The van der Waals surface area contributed by atoms with Crippen molar-refractivity contribution >= 4 is 5.96 Å². The molecule has 0 bridgehead atoms. The molecule has 0 aliphatic carbocycles. The molecule has 0 spiro atoms. The van der Waals surface area contributed by atoms with Crippen LogP contribution in [-0.2, 0) is 6.54 Å². The van der Waals surface area contributed by atoms with Crippen LogP contribution in [-0.4, -0.2) is 42.6 Å². The Morgan fingerprint density at radius 1 is 1.55 bits per heavy atom. The third-order valence-corrected chi connectivity index (χ3v) is 3.90. The third-order valence-electron chi connectivity index (χ3n) is 3.90. The standard InChI is InChI=1S/C17H28N4O/c1-4-11-22-16-15(8-5-9-19-16)12-20-17(18-3)21-10-6-7-14(2)13-21/h5,8-9,14H,4,6-7,10-13H2,1-3H3,(H,18,20). The van der Waals surface area contributed by atoms with Gasteiger partial charge in [-0.2, -0.15) is 0 Å². The van der Waals surface area contributed by atoms with Gasteiger partial charge < -0.3 is 15.0 Å². The average molecular weight is 304 g/mol. The molecule has 5 nitrogen and oxygen atoms in total. The number of aliphatic imine (C=N–C) groups is 1. The molecule has 1 aromatic heterocycles. The number of pyridine rings is 1. The Bertz CT molecular complexity index is 489. The zero-order valence-corrected chi connectivity index (χ0v) is 14.0. The molecule has 5 heteroatoms. The highest BCUT2D eigenvalue weighted by atomic mass is 16.5. The lowest BCUT2D eigenvalue weighted by Gasteiger charge is -2.33. The minimum Gasteiger partial charge on any atom is -0.477 e. The zero-order valence-electron chi connectivity index (χ0n) is 14.0. The third kappa shape index (κ3) is 4.61. The van der Waals surface area contributed by atoms with Gasteiger partial charge in [0.25, 0.3) is 0 Å². The summed E-state index contributed by atoms with van der Waals surface area (Å²) in [6.45, 7) is 7.94. The van der Waals surface area contributed by atoms with E-state index in [9.17, 15) is 0 Å². The molecule has 1 saturated heterocycles. The molecule has 0 aromatic carbocycles. The van der Waals surface area contributed by atoms with Gasteiger partial charge in [-0.3, -0.25) is 4.99 Å². The molecular formula is C17H28N4O. The number of rotatable bonds is 5. The predicted octanol–water partition coefficient (Wildman–Crippen LogP) is 2.68. The number of hydrogen-bond acceptors (Lipinski definition) is 3. The van der Waals surface area contributed by atoms with Crippen molar-refractivity contribution in [2.75, 3.05) is 26.7 Å². The summed E-state index contributed by atoms with van der Waals surface area (Å²) in [5.41, 5.74) is 1.07. The number of aromatic nitrogens is 1. The SMILES string of the molecule is CCCOc1ncccc1CNC(=NC)N1CCCC(C)C1. The number of piperidine rings is 1. The summed E-state index contributed by atoms with van der Waals surface area (Å²) in [6, 6.07) is 4.00. The summed E-state index contributed by atoms with van der Waals surface area (Å²) >= 11 is 0. The highest BCUT2D eigenvalue weighted by Gasteiger charge is 2.19. The molecule has 1 unspecified atom stereocenters. The maximum atomic E-state index is 5.71. The van der Waals surface area contributed by atoms with Gasteiger partial charge in [-0.15, -0.1) is 0 Å². The van der Waals surface area contributed by atoms with Crippen LogP contribution in [0, 0.1) is 5.92 Å². The van der Waals surface area contributed by atoms with Crippen molar-refractivity contribution in [1.29, 1.82) is 0 Å². The second-order valence-corrected chi connectivity index (χ2v) is 5.91. The summed E-state index contributed by atoms with van der Waals surface area (Å²) in [4.78, 5) is 11.1. The zero-order chi connectivity index (χ0) is 15.8. The van der Waals surface area contributed by atoms with Crippen LogP contribution >= 0.6 is 0 Å². The van der Waals surface area contributed by atoms with Crippen LogP contribution in [0.15, 0.2) is 23.3 Å². The predicted molar refractivity (Wildman–Crippen MR) is 90.2 cm³/mol. The lowest BCUT2D eigenvalue weighted by atomic mass is 10.0. The summed E-state index contributed by atoms with van der Waals surface area (Å²) in [7, 11) is 1.85. The van der Waals surface area contributed by atoms with Gasteiger partial charge in [-0.1, -0.05) is 19.9 Å². The topological polar surface area (TPSA) is 49.8 Å². The quantitative estimate of drug-likeness (QED) is 0.671.